The van der Waals surface area contributed by atoms with Gasteiger partial charge in [0, 0.05) is 19.3 Å². The molecular formula is C11H22N2O4. The Bertz CT molecular complexity index is 266. The molecule has 2 amide bonds. The summed E-state index contributed by atoms with van der Waals surface area (Å²) in [6.07, 6.45) is 0.977. The minimum absolute atomic E-state index is 0.231. The Balaban J connectivity index is 4.58. The molecule has 0 spiro atoms. The van der Waals surface area contributed by atoms with Crippen LogP contribution in [-0.4, -0.2) is 36.3 Å². The third-order valence-electron chi connectivity index (χ3n) is 2.70. The average molecular weight is 246 g/mol. The van der Waals surface area contributed by atoms with Crippen LogP contribution < -0.4 is 10.8 Å². The Labute approximate surface area is 102 Å². The summed E-state index contributed by atoms with van der Waals surface area (Å²) in [5, 5.41) is 11.4. The van der Waals surface area contributed by atoms with E-state index in [-0.39, 0.29) is 18.6 Å². The minimum atomic E-state index is -0.939. The molecule has 100 valence electrons. The molecular weight excluding hydrogens is 224 g/mol. The van der Waals surface area contributed by atoms with Crippen molar-refractivity contribution in [3.63, 3.8) is 0 Å². The van der Waals surface area contributed by atoms with E-state index in [1.807, 2.05) is 20.8 Å². The normalized spacial score (nSPS) is 13.0. The van der Waals surface area contributed by atoms with Gasteiger partial charge in [-0.25, -0.2) is 5.48 Å². The summed E-state index contributed by atoms with van der Waals surface area (Å²) < 4.78 is 4.83. The van der Waals surface area contributed by atoms with E-state index in [0.29, 0.717) is 0 Å². The van der Waals surface area contributed by atoms with Crippen molar-refractivity contribution in [1.82, 2.24) is 10.8 Å². The van der Waals surface area contributed by atoms with Crippen LogP contribution in [0.5, 0.6) is 0 Å². The molecule has 0 aliphatic carbocycles. The van der Waals surface area contributed by atoms with Gasteiger partial charge in [0.25, 0.3) is 5.91 Å². The summed E-state index contributed by atoms with van der Waals surface area (Å²) in [5.74, 6) is -2.06. The molecule has 17 heavy (non-hydrogen) atoms. The number of hydrogen-bond acceptors (Lipinski definition) is 4. The van der Waals surface area contributed by atoms with Crippen LogP contribution in [0, 0.1) is 5.92 Å². The molecule has 0 radical (unpaired) electrons. The highest BCUT2D eigenvalue weighted by Gasteiger charge is 2.29. The molecule has 0 aromatic carbocycles. The topological polar surface area (TPSA) is 87.7 Å². The van der Waals surface area contributed by atoms with Crippen molar-refractivity contribution in [3.05, 3.63) is 0 Å². The average Bonchev–Trinajstić information content (AvgIpc) is 2.28. The number of hydroxylamine groups is 1. The smallest absolute Gasteiger partial charge is 0.255 e. The van der Waals surface area contributed by atoms with Crippen LogP contribution in [-0.2, 0) is 14.3 Å². The highest BCUT2D eigenvalue weighted by molar-refractivity contribution is 6.00. The van der Waals surface area contributed by atoms with Crippen molar-refractivity contribution in [3.8, 4) is 0 Å². The molecule has 0 saturated heterocycles. The molecule has 0 heterocycles. The molecule has 0 saturated carbocycles. The summed E-state index contributed by atoms with van der Waals surface area (Å²) >= 11 is 0. The molecule has 0 aromatic rings. The number of nitrogens with one attached hydrogen (secondary N) is 2. The van der Waals surface area contributed by atoms with Gasteiger partial charge in [-0.3, -0.25) is 14.8 Å². The predicted molar refractivity (Wildman–Crippen MR) is 62.4 cm³/mol. The minimum Gasteiger partial charge on any atom is -0.385 e. The lowest BCUT2D eigenvalue weighted by Crippen LogP contribution is -2.49. The maximum atomic E-state index is 11.9. The first kappa shape index (κ1) is 15.9. The quantitative estimate of drug-likeness (QED) is 0.346. The lowest BCUT2D eigenvalue weighted by Gasteiger charge is -2.26. The van der Waals surface area contributed by atoms with E-state index in [9.17, 15) is 9.59 Å². The van der Waals surface area contributed by atoms with E-state index in [4.69, 9.17) is 9.94 Å². The van der Waals surface area contributed by atoms with Crippen LogP contribution in [0.4, 0.5) is 0 Å². The molecule has 0 bridgehead atoms. The molecule has 1 atom stereocenters. The molecule has 0 aliphatic heterocycles. The molecule has 1 unspecified atom stereocenters. The Morgan fingerprint density at radius 3 is 2.35 bits per heavy atom. The van der Waals surface area contributed by atoms with Gasteiger partial charge in [-0.1, -0.05) is 6.92 Å². The van der Waals surface area contributed by atoms with E-state index in [2.05, 4.69) is 5.32 Å². The van der Waals surface area contributed by atoms with Gasteiger partial charge in [0.1, 0.15) is 5.92 Å². The lowest BCUT2D eigenvalue weighted by molar-refractivity contribution is -0.142. The second-order valence-electron chi connectivity index (χ2n) is 4.54. The van der Waals surface area contributed by atoms with Gasteiger partial charge >= 0.3 is 0 Å². The molecule has 3 N–H and O–H groups in total. The van der Waals surface area contributed by atoms with Crippen molar-refractivity contribution >= 4 is 11.8 Å². The number of methoxy groups -OCH3 is 1. The predicted octanol–water partition coefficient (Wildman–Crippen LogP) is 0.449. The van der Waals surface area contributed by atoms with Crippen LogP contribution >= 0.6 is 0 Å². The molecule has 6 heteroatoms. The Hall–Kier alpha value is -1.14. The number of ether oxygens (including phenoxy) is 1. The van der Waals surface area contributed by atoms with Gasteiger partial charge in [-0.15, -0.1) is 0 Å². The summed E-state index contributed by atoms with van der Waals surface area (Å²) in [4.78, 5) is 23.2. The van der Waals surface area contributed by atoms with Gasteiger partial charge in [0.05, 0.1) is 0 Å². The second-order valence-corrected chi connectivity index (χ2v) is 4.54. The highest BCUT2D eigenvalue weighted by atomic mass is 16.5. The maximum absolute atomic E-state index is 11.9. The van der Waals surface area contributed by atoms with Gasteiger partial charge in [0.2, 0.25) is 5.91 Å². The van der Waals surface area contributed by atoms with E-state index >= 15 is 0 Å². The van der Waals surface area contributed by atoms with Crippen LogP contribution in [0.15, 0.2) is 0 Å². The third kappa shape index (κ3) is 5.65. The summed E-state index contributed by atoms with van der Waals surface area (Å²) in [5.41, 5.74) is 1.13. The first-order valence-electron chi connectivity index (χ1n) is 5.63. The van der Waals surface area contributed by atoms with Gasteiger partial charge in [0.15, 0.2) is 0 Å². The monoisotopic (exact) mass is 246 g/mol. The fourth-order valence-electron chi connectivity index (χ4n) is 1.20. The maximum Gasteiger partial charge on any atom is 0.255 e. The summed E-state index contributed by atoms with van der Waals surface area (Å²) in [6.45, 7) is 5.96. The number of rotatable bonds is 7. The van der Waals surface area contributed by atoms with Crippen LogP contribution in [0.25, 0.3) is 0 Å². The van der Waals surface area contributed by atoms with E-state index in [1.54, 1.807) is 0 Å². The molecule has 0 rings (SSSR count). The Morgan fingerprint density at radius 2 is 1.94 bits per heavy atom. The Morgan fingerprint density at radius 1 is 1.35 bits per heavy atom. The van der Waals surface area contributed by atoms with Crippen molar-refractivity contribution < 1.29 is 19.5 Å². The number of carbonyl (C=O) groups excluding carboxylic acids is 2. The van der Waals surface area contributed by atoms with E-state index in [0.717, 1.165) is 6.42 Å². The summed E-state index contributed by atoms with van der Waals surface area (Å²) in [6, 6.07) is 0. The molecule has 0 fully saturated rings. The number of amides is 2. The van der Waals surface area contributed by atoms with Crippen LogP contribution in [0.2, 0.25) is 0 Å². The second kappa shape index (κ2) is 7.24. The first-order chi connectivity index (χ1) is 7.87. The van der Waals surface area contributed by atoms with Crippen molar-refractivity contribution in [1.29, 1.82) is 0 Å². The van der Waals surface area contributed by atoms with Gasteiger partial charge in [-0.05, 0) is 26.7 Å². The zero-order valence-corrected chi connectivity index (χ0v) is 10.9. The largest absolute Gasteiger partial charge is 0.385 e. The Kier molecular flexibility index (Phi) is 6.75. The van der Waals surface area contributed by atoms with Crippen LogP contribution in [0.1, 0.15) is 33.6 Å². The fourth-order valence-corrected chi connectivity index (χ4v) is 1.20. The number of hydrogen-bond donors (Lipinski definition) is 3. The SMILES string of the molecule is CCC(C)(C)NC(=O)C(CCOC)C(=O)NO. The van der Waals surface area contributed by atoms with Crippen molar-refractivity contribution in [2.24, 2.45) is 5.92 Å². The van der Waals surface area contributed by atoms with E-state index < -0.39 is 17.7 Å². The van der Waals surface area contributed by atoms with Gasteiger partial charge < -0.3 is 10.1 Å². The van der Waals surface area contributed by atoms with E-state index in [1.165, 1.54) is 12.6 Å². The summed E-state index contributed by atoms with van der Waals surface area (Å²) in [7, 11) is 1.49. The van der Waals surface area contributed by atoms with Crippen molar-refractivity contribution in [2.45, 2.75) is 39.2 Å². The zero-order valence-electron chi connectivity index (χ0n) is 10.9. The van der Waals surface area contributed by atoms with Gasteiger partial charge in [-0.2, -0.15) is 0 Å². The molecule has 6 nitrogen and oxygen atoms in total. The highest BCUT2D eigenvalue weighted by Crippen LogP contribution is 2.11. The zero-order chi connectivity index (χ0) is 13.5. The molecule has 0 aromatic heterocycles. The lowest BCUT2D eigenvalue weighted by atomic mass is 9.98. The van der Waals surface area contributed by atoms with Crippen molar-refractivity contribution in [2.75, 3.05) is 13.7 Å². The third-order valence-corrected chi connectivity index (χ3v) is 2.70. The standard InChI is InChI=1S/C11H22N2O4/c1-5-11(2,3)12-9(14)8(6-7-17-4)10(15)13-16/h8,16H,5-7H2,1-4H3,(H,12,14)(H,13,15). The van der Waals surface area contributed by atoms with Crippen LogP contribution in [0.3, 0.4) is 0 Å². The first-order valence-corrected chi connectivity index (χ1v) is 5.63. The number of carbonyl (C=O) groups is 2. The molecule has 0 aliphatic rings. The fraction of sp³-hybridized carbons (Fsp3) is 0.818.